The van der Waals surface area contributed by atoms with Crippen LogP contribution >= 0.6 is 11.6 Å². The summed E-state index contributed by atoms with van der Waals surface area (Å²) in [6.07, 6.45) is 3.02. The smallest absolute Gasteiger partial charge is 0.359 e. The van der Waals surface area contributed by atoms with Gasteiger partial charge in [-0.15, -0.1) is 0 Å². The number of hydrogen-bond donors (Lipinski definition) is 0. The second-order valence-corrected chi connectivity index (χ2v) is 5.29. The van der Waals surface area contributed by atoms with Gasteiger partial charge in [-0.2, -0.15) is 0 Å². The molecular weight excluding hydrogens is 290 g/mol. The van der Waals surface area contributed by atoms with E-state index in [-0.39, 0.29) is 0 Å². The zero-order valence-corrected chi connectivity index (χ0v) is 12.6. The molecule has 0 aromatic carbocycles. The van der Waals surface area contributed by atoms with Gasteiger partial charge in [0, 0.05) is 13.0 Å². The van der Waals surface area contributed by atoms with E-state index in [0.29, 0.717) is 28.8 Å². The van der Waals surface area contributed by atoms with Gasteiger partial charge in [0.2, 0.25) is 0 Å². The van der Waals surface area contributed by atoms with Gasteiger partial charge >= 0.3 is 5.97 Å². The normalized spacial score (nSPS) is 13.8. The third kappa shape index (κ3) is 2.65. The predicted octanol–water partition coefficient (Wildman–Crippen LogP) is 3.11. The number of imidazole rings is 1. The van der Waals surface area contributed by atoms with E-state index >= 15 is 0 Å². The summed E-state index contributed by atoms with van der Waals surface area (Å²) in [5, 5.41) is 0.397. The van der Waals surface area contributed by atoms with Crippen LogP contribution < -0.4 is 0 Å². The minimum atomic E-state index is -0.406. The topological polar surface area (TPSA) is 57.0 Å². The maximum Gasteiger partial charge on any atom is 0.359 e. The Bertz CT molecular complexity index is 682. The van der Waals surface area contributed by atoms with Gasteiger partial charge in [0.1, 0.15) is 16.7 Å². The Hall–Kier alpha value is -1.88. The molecule has 0 radical (unpaired) electrons. The monoisotopic (exact) mass is 305 g/mol. The predicted molar refractivity (Wildman–Crippen MR) is 79.4 cm³/mol. The summed E-state index contributed by atoms with van der Waals surface area (Å²) in [4.78, 5) is 21.0. The van der Waals surface area contributed by atoms with Crippen molar-refractivity contribution in [3.63, 3.8) is 0 Å². The maximum atomic E-state index is 12.2. The van der Waals surface area contributed by atoms with Crippen molar-refractivity contribution in [2.75, 3.05) is 6.61 Å². The molecule has 0 saturated heterocycles. The van der Waals surface area contributed by atoms with Crippen molar-refractivity contribution in [2.24, 2.45) is 0 Å². The van der Waals surface area contributed by atoms with E-state index in [1.807, 2.05) is 12.1 Å². The highest BCUT2D eigenvalue weighted by atomic mass is 35.5. The zero-order chi connectivity index (χ0) is 14.8. The molecule has 2 aromatic rings. The third-order valence-corrected chi connectivity index (χ3v) is 3.72. The summed E-state index contributed by atoms with van der Waals surface area (Å²) in [6.45, 7) is 2.94. The summed E-state index contributed by atoms with van der Waals surface area (Å²) in [5.74, 6) is 0.511. The number of fused-ring (bicyclic) bond motifs is 1. The highest BCUT2D eigenvalue weighted by Crippen LogP contribution is 2.29. The van der Waals surface area contributed by atoms with Crippen molar-refractivity contribution >= 4 is 17.6 Å². The fourth-order valence-electron chi connectivity index (χ4n) is 2.63. The number of rotatable bonds is 3. The van der Waals surface area contributed by atoms with E-state index in [1.165, 1.54) is 0 Å². The van der Waals surface area contributed by atoms with E-state index in [2.05, 4.69) is 14.5 Å². The second kappa shape index (κ2) is 5.85. The number of pyridine rings is 1. The van der Waals surface area contributed by atoms with Gasteiger partial charge in [-0.25, -0.2) is 14.8 Å². The number of aromatic nitrogens is 3. The molecule has 3 heterocycles. The van der Waals surface area contributed by atoms with E-state index in [4.69, 9.17) is 16.3 Å². The van der Waals surface area contributed by atoms with Crippen LogP contribution in [-0.4, -0.2) is 27.1 Å². The molecule has 0 saturated carbocycles. The molecule has 2 aromatic heterocycles. The highest BCUT2D eigenvalue weighted by molar-refractivity contribution is 6.29. The van der Waals surface area contributed by atoms with Crippen LogP contribution in [0.25, 0.3) is 11.4 Å². The molecule has 0 bridgehead atoms. The number of esters is 1. The first-order valence-corrected chi connectivity index (χ1v) is 7.48. The van der Waals surface area contributed by atoms with Crippen molar-refractivity contribution in [3.8, 4) is 11.4 Å². The van der Waals surface area contributed by atoms with Crippen LogP contribution in [0.2, 0.25) is 5.15 Å². The Balaban J connectivity index is 2.16. The number of carbonyl (C=O) groups excluding carboxylic acids is 1. The molecular formula is C15H16ClN3O2. The fraction of sp³-hybridized carbons (Fsp3) is 0.400. The Morgan fingerprint density at radius 2 is 2.24 bits per heavy atom. The van der Waals surface area contributed by atoms with Gasteiger partial charge in [0.25, 0.3) is 0 Å². The minimum Gasteiger partial charge on any atom is -0.461 e. The number of aryl methyl sites for hydroxylation is 1. The lowest BCUT2D eigenvalue weighted by molar-refractivity contribution is 0.0521. The molecule has 0 aliphatic carbocycles. The van der Waals surface area contributed by atoms with Gasteiger partial charge in [0.05, 0.1) is 12.3 Å². The summed E-state index contributed by atoms with van der Waals surface area (Å²) < 4.78 is 7.19. The first kappa shape index (κ1) is 14.1. The van der Waals surface area contributed by atoms with Gasteiger partial charge in [-0.05, 0) is 31.9 Å². The Labute approximate surface area is 127 Å². The van der Waals surface area contributed by atoms with Gasteiger partial charge < -0.3 is 9.30 Å². The first-order chi connectivity index (χ1) is 10.2. The second-order valence-electron chi connectivity index (χ2n) is 4.90. The Kier molecular flexibility index (Phi) is 3.92. The third-order valence-electron chi connectivity index (χ3n) is 3.51. The van der Waals surface area contributed by atoms with E-state index < -0.39 is 5.97 Å². The summed E-state index contributed by atoms with van der Waals surface area (Å²) >= 11 is 5.98. The van der Waals surface area contributed by atoms with Crippen molar-refractivity contribution < 1.29 is 9.53 Å². The molecule has 6 heteroatoms. The molecule has 5 nitrogen and oxygen atoms in total. The summed E-state index contributed by atoms with van der Waals surface area (Å²) in [6, 6.07) is 5.37. The molecule has 0 N–H and O–H groups in total. The number of carbonyl (C=O) groups is 1. The molecule has 21 heavy (non-hydrogen) atoms. The maximum absolute atomic E-state index is 12.2. The fourth-order valence-corrected chi connectivity index (χ4v) is 2.79. The molecule has 3 rings (SSSR count). The average molecular weight is 306 g/mol. The number of halogens is 1. The Morgan fingerprint density at radius 1 is 1.38 bits per heavy atom. The van der Waals surface area contributed by atoms with Crippen LogP contribution in [0.1, 0.15) is 36.1 Å². The molecule has 0 fully saturated rings. The van der Waals surface area contributed by atoms with Crippen molar-refractivity contribution in [3.05, 3.63) is 34.9 Å². The van der Waals surface area contributed by atoms with Crippen LogP contribution in [0, 0.1) is 0 Å². The van der Waals surface area contributed by atoms with Gasteiger partial charge in [0.15, 0.2) is 5.69 Å². The van der Waals surface area contributed by atoms with Crippen LogP contribution in [0.4, 0.5) is 0 Å². The first-order valence-electron chi connectivity index (χ1n) is 7.10. The lowest BCUT2D eigenvalue weighted by Crippen LogP contribution is -2.12. The molecule has 0 spiro atoms. The standard InChI is InChI=1S/C15H16ClN3O2/c1-2-21-15(20)13-14(10-6-5-7-11(16)17-10)19-9-4-3-8-12(19)18-13/h5-7H,2-4,8-9H2,1H3. The van der Waals surface area contributed by atoms with E-state index in [9.17, 15) is 4.79 Å². The molecule has 110 valence electrons. The van der Waals surface area contributed by atoms with Crippen LogP contribution in [-0.2, 0) is 17.7 Å². The molecule has 1 aliphatic rings. The van der Waals surface area contributed by atoms with Crippen molar-refractivity contribution in [2.45, 2.75) is 32.7 Å². The average Bonchev–Trinajstić information content (AvgIpc) is 2.87. The summed E-state index contributed by atoms with van der Waals surface area (Å²) in [7, 11) is 0. The SMILES string of the molecule is CCOC(=O)c1nc2n(c1-c1cccc(Cl)n1)CCCC2. The zero-order valence-electron chi connectivity index (χ0n) is 11.8. The Morgan fingerprint density at radius 3 is 3.00 bits per heavy atom. The van der Waals surface area contributed by atoms with Crippen LogP contribution in [0.15, 0.2) is 18.2 Å². The lowest BCUT2D eigenvalue weighted by Gasteiger charge is -2.16. The van der Waals surface area contributed by atoms with E-state index in [1.54, 1.807) is 13.0 Å². The number of ether oxygens (including phenoxy) is 1. The minimum absolute atomic E-state index is 0.323. The number of nitrogens with zero attached hydrogens (tertiary/aromatic N) is 3. The quantitative estimate of drug-likeness (QED) is 0.646. The van der Waals surface area contributed by atoms with Crippen LogP contribution in [0.5, 0.6) is 0 Å². The van der Waals surface area contributed by atoms with Crippen molar-refractivity contribution in [1.82, 2.24) is 14.5 Å². The van der Waals surface area contributed by atoms with E-state index in [0.717, 1.165) is 31.6 Å². The highest BCUT2D eigenvalue weighted by Gasteiger charge is 2.26. The largest absolute Gasteiger partial charge is 0.461 e. The molecule has 0 amide bonds. The van der Waals surface area contributed by atoms with Gasteiger partial charge in [-0.1, -0.05) is 17.7 Å². The molecule has 0 unspecified atom stereocenters. The number of hydrogen-bond acceptors (Lipinski definition) is 4. The molecule has 1 aliphatic heterocycles. The van der Waals surface area contributed by atoms with Gasteiger partial charge in [-0.3, -0.25) is 0 Å². The lowest BCUT2D eigenvalue weighted by atomic mass is 10.1. The summed E-state index contributed by atoms with van der Waals surface area (Å²) in [5.41, 5.74) is 1.71. The molecule has 0 atom stereocenters. The van der Waals surface area contributed by atoms with Crippen molar-refractivity contribution in [1.29, 1.82) is 0 Å². The van der Waals surface area contributed by atoms with Crippen LogP contribution in [0.3, 0.4) is 0 Å².